The van der Waals surface area contributed by atoms with E-state index in [0.29, 0.717) is 49.1 Å². The number of amides is 3. The molecule has 40 heavy (non-hydrogen) atoms. The molecule has 5 rings (SSSR count). The van der Waals surface area contributed by atoms with E-state index in [1.54, 1.807) is 24.1 Å². The average Bonchev–Trinajstić information content (AvgIpc) is 3.54. The number of piperidine rings is 1. The van der Waals surface area contributed by atoms with Crippen molar-refractivity contribution in [2.75, 3.05) is 33.2 Å². The van der Waals surface area contributed by atoms with Crippen LogP contribution in [-0.2, 0) is 9.59 Å². The Hall–Kier alpha value is -2.36. The molecule has 0 spiro atoms. The number of ether oxygens (including phenoxy) is 1. The van der Waals surface area contributed by atoms with Crippen LogP contribution >= 0.6 is 39.1 Å². The lowest BCUT2D eigenvalue weighted by Crippen LogP contribution is -2.46. The van der Waals surface area contributed by atoms with Crippen LogP contribution in [0.1, 0.15) is 44.1 Å². The summed E-state index contributed by atoms with van der Waals surface area (Å²) in [6, 6.07) is 8.94. The van der Waals surface area contributed by atoms with Crippen LogP contribution < -0.4 is 4.74 Å². The van der Waals surface area contributed by atoms with Crippen LogP contribution in [-0.4, -0.2) is 71.9 Å². The molecule has 3 amide bonds. The van der Waals surface area contributed by atoms with Crippen LogP contribution in [0, 0.1) is 17.2 Å². The van der Waals surface area contributed by atoms with Crippen molar-refractivity contribution in [1.82, 2.24) is 14.7 Å². The molecule has 2 aromatic rings. The smallest absolute Gasteiger partial charge is 0.410 e. The number of likely N-dealkylation sites (tertiary alicyclic amines) is 2. The number of carbonyl (C=O) groups excluding carboxylic acids is 3. The van der Waals surface area contributed by atoms with Gasteiger partial charge in [-0.3, -0.25) is 9.59 Å². The highest BCUT2D eigenvalue weighted by atomic mass is 79.9. The number of benzene rings is 2. The zero-order chi connectivity index (χ0) is 28.8. The van der Waals surface area contributed by atoms with Crippen molar-refractivity contribution < 1.29 is 23.5 Å². The van der Waals surface area contributed by atoms with Crippen LogP contribution in [0.5, 0.6) is 5.75 Å². The summed E-state index contributed by atoms with van der Waals surface area (Å²) in [7, 11) is 1.63. The minimum atomic E-state index is -0.622. The van der Waals surface area contributed by atoms with E-state index in [2.05, 4.69) is 15.9 Å². The van der Waals surface area contributed by atoms with Crippen molar-refractivity contribution >= 4 is 57.0 Å². The zero-order valence-corrected chi connectivity index (χ0v) is 25.4. The molecule has 2 aliphatic heterocycles. The Morgan fingerprint density at radius 1 is 1.02 bits per heavy atom. The summed E-state index contributed by atoms with van der Waals surface area (Å²) in [5, 5.41) is 0.814. The Morgan fingerprint density at radius 2 is 1.73 bits per heavy atom. The molecule has 1 aliphatic carbocycles. The topological polar surface area (TPSA) is 70.2 Å². The highest BCUT2D eigenvalue weighted by Gasteiger charge is 2.48. The van der Waals surface area contributed by atoms with Gasteiger partial charge in [-0.25, -0.2) is 9.18 Å². The predicted octanol–water partition coefficient (Wildman–Crippen LogP) is 6.36. The van der Waals surface area contributed by atoms with Crippen LogP contribution in [0.25, 0.3) is 0 Å². The standard InChI is InChI=1S/C29H31BrCl2FN3O4/c1-29(9-10-29)27(38)35-11-7-17(8-12-35)26(37)36-15-20(18-3-5-22(31)23(32)13-18)25(16-36)34(2)28(39)40-19-4-6-24(33)21(30)14-19/h3-6,13-14,17,20,25H,7-12,15-16H2,1-2H3/t20?,25-/m1/s1. The van der Waals surface area contributed by atoms with Gasteiger partial charge in [0.25, 0.3) is 0 Å². The molecule has 2 saturated heterocycles. The van der Waals surface area contributed by atoms with Crippen molar-refractivity contribution in [2.24, 2.45) is 11.3 Å². The summed E-state index contributed by atoms with van der Waals surface area (Å²) in [6.45, 7) is 3.89. The van der Waals surface area contributed by atoms with Gasteiger partial charge in [0, 0.05) is 50.5 Å². The molecule has 0 radical (unpaired) electrons. The number of carbonyl (C=O) groups is 3. The van der Waals surface area contributed by atoms with E-state index in [9.17, 15) is 18.8 Å². The summed E-state index contributed by atoms with van der Waals surface area (Å²) in [5.41, 5.74) is 0.645. The number of rotatable bonds is 5. The summed E-state index contributed by atoms with van der Waals surface area (Å²) in [4.78, 5) is 44.8. The van der Waals surface area contributed by atoms with Crippen molar-refractivity contribution in [3.63, 3.8) is 0 Å². The van der Waals surface area contributed by atoms with Gasteiger partial charge in [-0.2, -0.15) is 0 Å². The van der Waals surface area contributed by atoms with Gasteiger partial charge in [0.1, 0.15) is 11.6 Å². The zero-order valence-electron chi connectivity index (χ0n) is 22.3. The molecule has 11 heteroatoms. The Morgan fingerprint density at radius 3 is 2.35 bits per heavy atom. The molecule has 214 valence electrons. The molecule has 7 nitrogen and oxygen atoms in total. The van der Waals surface area contributed by atoms with Gasteiger partial charge in [-0.15, -0.1) is 0 Å². The Bertz CT molecular complexity index is 1330. The van der Waals surface area contributed by atoms with Gasteiger partial charge in [-0.05, 0) is 77.5 Å². The summed E-state index contributed by atoms with van der Waals surface area (Å²) in [5.74, 6) is -0.446. The lowest BCUT2D eigenvalue weighted by molar-refractivity contribution is -0.142. The molecule has 1 unspecified atom stereocenters. The van der Waals surface area contributed by atoms with Crippen LogP contribution in [0.15, 0.2) is 40.9 Å². The first kappa shape index (κ1) is 29.1. The summed E-state index contributed by atoms with van der Waals surface area (Å²) in [6.07, 6.45) is 2.49. The number of halogens is 4. The highest BCUT2D eigenvalue weighted by Crippen LogP contribution is 2.47. The third-order valence-electron chi connectivity index (χ3n) is 8.50. The first-order valence-corrected chi connectivity index (χ1v) is 14.9. The van der Waals surface area contributed by atoms with Crippen LogP contribution in [0.4, 0.5) is 9.18 Å². The van der Waals surface area contributed by atoms with Crippen molar-refractivity contribution in [3.05, 3.63) is 62.3 Å². The number of hydrogen-bond donors (Lipinski definition) is 0. The second kappa shape index (κ2) is 11.5. The molecular formula is C29H31BrCl2FN3O4. The van der Waals surface area contributed by atoms with E-state index in [4.69, 9.17) is 27.9 Å². The Balaban J connectivity index is 1.30. The minimum absolute atomic E-state index is 0.0292. The predicted molar refractivity (Wildman–Crippen MR) is 154 cm³/mol. The monoisotopic (exact) mass is 653 g/mol. The molecule has 0 aromatic heterocycles. The first-order valence-electron chi connectivity index (χ1n) is 13.4. The van der Waals surface area contributed by atoms with Gasteiger partial charge in [0.05, 0.1) is 20.6 Å². The maximum atomic E-state index is 13.7. The fraction of sp³-hybridized carbons (Fsp3) is 0.483. The fourth-order valence-electron chi connectivity index (χ4n) is 5.65. The minimum Gasteiger partial charge on any atom is -0.410 e. The van der Waals surface area contributed by atoms with Gasteiger partial charge in [0.2, 0.25) is 11.8 Å². The highest BCUT2D eigenvalue weighted by molar-refractivity contribution is 9.10. The fourth-order valence-corrected chi connectivity index (χ4v) is 6.31. The molecule has 1 saturated carbocycles. The molecule has 3 aliphatic rings. The third kappa shape index (κ3) is 5.97. The van der Waals surface area contributed by atoms with Gasteiger partial charge < -0.3 is 19.4 Å². The van der Waals surface area contributed by atoms with Crippen LogP contribution in [0.3, 0.4) is 0 Å². The number of nitrogens with zero attached hydrogens (tertiary/aromatic N) is 3. The normalized spacial score (nSPS) is 22.2. The van der Waals surface area contributed by atoms with Gasteiger partial charge >= 0.3 is 6.09 Å². The second-order valence-corrected chi connectivity index (χ2v) is 12.9. The molecule has 0 N–H and O–H groups in total. The van der Waals surface area contributed by atoms with E-state index in [0.717, 1.165) is 18.4 Å². The summed E-state index contributed by atoms with van der Waals surface area (Å²) >= 11 is 15.6. The second-order valence-electron chi connectivity index (χ2n) is 11.3. The van der Waals surface area contributed by atoms with Gasteiger partial charge in [-0.1, -0.05) is 36.2 Å². The van der Waals surface area contributed by atoms with Crippen molar-refractivity contribution in [2.45, 2.75) is 44.6 Å². The maximum absolute atomic E-state index is 13.7. The van der Waals surface area contributed by atoms with Crippen LogP contribution in [0.2, 0.25) is 10.0 Å². The molecule has 0 bridgehead atoms. The van der Waals surface area contributed by atoms with E-state index in [1.807, 2.05) is 17.9 Å². The van der Waals surface area contributed by atoms with Crippen molar-refractivity contribution in [3.8, 4) is 5.75 Å². The molecule has 3 fully saturated rings. The number of hydrogen-bond acceptors (Lipinski definition) is 4. The first-order chi connectivity index (χ1) is 19.0. The Labute approximate surface area is 251 Å². The quantitative estimate of drug-likeness (QED) is 0.376. The third-order valence-corrected chi connectivity index (χ3v) is 9.85. The number of likely N-dealkylation sites (N-methyl/N-ethyl adjacent to an activating group) is 1. The van der Waals surface area contributed by atoms with Gasteiger partial charge in [0.15, 0.2) is 0 Å². The largest absolute Gasteiger partial charge is 0.415 e. The Kier molecular flexibility index (Phi) is 8.37. The average molecular weight is 655 g/mol. The van der Waals surface area contributed by atoms with E-state index in [-0.39, 0.29) is 39.3 Å². The molecule has 2 heterocycles. The molecule has 2 atom stereocenters. The van der Waals surface area contributed by atoms with Crippen molar-refractivity contribution in [1.29, 1.82) is 0 Å². The lowest BCUT2D eigenvalue weighted by atomic mass is 9.93. The SMILES string of the molecule is CN(C(=O)Oc1ccc(F)c(Br)c1)[C@@H]1CN(C(=O)C2CCN(C(=O)C3(C)CC3)CC2)CC1c1ccc(Cl)c(Cl)c1. The van der Waals surface area contributed by atoms with E-state index < -0.39 is 18.0 Å². The lowest BCUT2D eigenvalue weighted by Gasteiger charge is -2.34. The summed E-state index contributed by atoms with van der Waals surface area (Å²) < 4.78 is 19.4. The van der Waals surface area contributed by atoms with E-state index in [1.165, 1.54) is 23.1 Å². The maximum Gasteiger partial charge on any atom is 0.415 e. The molecular weight excluding hydrogens is 624 g/mol. The molecule has 2 aromatic carbocycles. The van der Waals surface area contributed by atoms with E-state index >= 15 is 0 Å².